The molecule has 204 valence electrons. The van der Waals surface area contributed by atoms with Crippen molar-refractivity contribution < 1.29 is 30.3 Å². The van der Waals surface area contributed by atoms with Crippen LogP contribution in [0.3, 0.4) is 0 Å². The summed E-state index contributed by atoms with van der Waals surface area (Å²) in [5.41, 5.74) is -2.28. The van der Waals surface area contributed by atoms with Gasteiger partial charge >= 0.3 is 5.97 Å². The lowest BCUT2D eigenvalue weighted by Crippen LogP contribution is -2.69. The molecule has 0 saturated heterocycles. The van der Waals surface area contributed by atoms with Gasteiger partial charge in [-0.2, -0.15) is 0 Å². The van der Waals surface area contributed by atoms with Crippen molar-refractivity contribution in [2.45, 2.75) is 111 Å². The Morgan fingerprint density at radius 2 is 1.67 bits per heavy atom. The average Bonchev–Trinajstić information content (AvgIpc) is 2.80. The van der Waals surface area contributed by atoms with Gasteiger partial charge in [0.15, 0.2) is 0 Å². The fourth-order valence-corrected chi connectivity index (χ4v) is 11.0. The highest BCUT2D eigenvalue weighted by molar-refractivity contribution is 5.77. The van der Waals surface area contributed by atoms with E-state index in [1.807, 2.05) is 13.8 Å². The Kier molecular flexibility index (Phi) is 5.77. The smallest absolute Gasteiger partial charge is 0.310 e. The van der Waals surface area contributed by atoms with Crippen molar-refractivity contribution >= 4 is 5.97 Å². The van der Waals surface area contributed by atoms with E-state index in [2.05, 4.69) is 33.8 Å². The van der Waals surface area contributed by atoms with Crippen LogP contribution in [-0.4, -0.2) is 55.9 Å². The number of carboxylic acids is 1. The first-order valence-corrected chi connectivity index (χ1v) is 14.2. The molecule has 0 heterocycles. The molecule has 5 rings (SSSR count). The summed E-state index contributed by atoms with van der Waals surface area (Å²) in [6.45, 7) is 12.6. The van der Waals surface area contributed by atoms with Gasteiger partial charge in [-0.25, -0.2) is 0 Å². The van der Waals surface area contributed by atoms with Gasteiger partial charge in [-0.15, -0.1) is 0 Å². The summed E-state index contributed by atoms with van der Waals surface area (Å²) in [6, 6.07) is 0. The number of hydrogen-bond acceptors (Lipinski definition) is 5. The molecule has 5 N–H and O–H groups in total. The molecule has 0 amide bonds. The summed E-state index contributed by atoms with van der Waals surface area (Å²) in [6.07, 6.45) is 6.20. The second kappa shape index (κ2) is 7.80. The van der Waals surface area contributed by atoms with Crippen LogP contribution >= 0.6 is 0 Å². The molecule has 6 nitrogen and oxygen atoms in total. The third-order valence-corrected chi connectivity index (χ3v) is 13.6. The lowest BCUT2D eigenvalue weighted by Gasteiger charge is -2.72. The molecule has 12 atom stereocenters. The number of aliphatic hydroxyl groups excluding tert-OH is 3. The van der Waals surface area contributed by atoms with Gasteiger partial charge in [0.2, 0.25) is 0 Å². The molecule has 0 spiro atoms. The van der Waals surface area contributed by atoms with Crippen LogP contribution in [0.15, 0.2) is 11.6 Å². The van der Waals surface area contributed by atoms with E-state index in [1.54, 1.807) is 0 Å². The Labute approximate surface area is 216 Å². The highest BCUT2D eigenvalue weighted by atomic mass is 16.4. The van der Waals surface area contributed by atoms with Crippen molar-refractivity contribution in [3.8, 4) is 0 Å². The summed E-state index contributed by atoms with van der Waals surface area (Å²) in [7, 11) is 0. The van der Waals surface area contributed by atoms with Crippen LogP contribution in [-0.2, 0) is 4.79 Å². The summed E-state index contributed by atoms with van der Waals surface area (Å²) >= 11 is 0. The summed E-state index contributed by atoms with van der Waals surface area (Å²) < 4.78 is 0. The van der Waals surface area contributed by atoms with Crippen molar-refractivity contribution in [2.24, 2.45) is 50.7 Å². The van der Waals surface area contributed by atoms with E-state index >= 15 is 0 Å². The average molecular weight is 505 g/mol. The molecular formula is C30H48O6. The van der Waals surface area contributed by atoms with Crippen LogP contribution in [0.25, 0.3) is 0 Å². The molecule has 5 aliphatic rings. The third kappa shape index (κ3) is 2.91. The minimum absolute atomic E-state index is 0.0252. The quantitative estimate of drug-likeness (QED) is 0.361. The number of fused-ring (bicyclic) bond motifs is 7. The standard InChI is InChI=1S/C30H48O6/c1-17-9-12-30(24(34)35)14-13-27(4)18(22(30)29(17,6)36)7-8-21-25(2)15-19(32)23(33)26(3,16-31)20(25)10-11-28(21,27)5/h7,17,19-23,31-33,36H,8-16H2,1-6H3,(H,34,35)/t17-,19-,20-,21+,22-,23-,25+,26+,27-,28+,29+,30-/m1/s1. The minimum atomic E-state index is -1.09. The van der Waals surface area contributed by atoms with Crippen LogP contribution in [0.2, 0.25) is 0 Å². The number of aliphatic hydroxyl groups is 4. The number of carboxylic acid groups (broad SMARTS) is 1. The lowest BCUT2D eigenvalue weighted by atomic mass is 9.33. The van der Waals surface area contributed by atoms with E-state index in [0.717, 1.165) is 37.7 Å². The van der Waals surface area contributed by atoms with Crippen molar-refractivity contribution in [3.63, 3.8) is 0 Å². The van der Waals surface area contributed by atoms with E-state index in [1.165, 1.54) is 0 Å². The van der Waals surface area contributed by atoms with Gasteiger partial charge in [0.25, 0.3) is 0 Å². The molecule has 4 saturated carbocycles. The zero-order valence-corrected chi connectivity index (χ0v) is 23.0. The van der Waals surface area contributed by atoms with Crippen LogP contribution in [0.4, 0.5) is 0 Å². The first-order valence-electron chi connectivity index (χ1n) is 14.2. The predicted octanol–water partition coefficient (Wildman–Crippen LogP) is 4.15. The van der Waals surface area contributed by atoms with Gasteiger partial charge in [0, 0.05) is 11.3 Å². The Bertz CT molecular complexity index is 974. The molecule has 36 heavy (non-hydrogen) atoms. The second-order valence-electron chi connectivity index (χ2n) is 14.7. The van der Waals surface area contributed by atoms with Crippen LogP contribution in [0.1, 0.15) is 92.9 Å². The maximum atomic E-state index is 12.8. The van der Waals surface area contributed by atoms with Crippen LogP contribution in [0.5, 0.6) is 0 Å². The van der Waals surface area contributed by atoms with E-state index in [4.69, 9.17) is 0 Å². The van der Waals surface area contributed by atoms with E-state index < -0.39 is 40.5 Å². The Balaban J connectivity index is 1.65. The van der Waals surface area contributed by atoms with Gasteiger partial charge in [0.1, 0.15) is 0 Å². The monoisotopic (exact) mass is 504 g/mol. The normalized spacial score (nSPS) is 58.6. The van der Waals surface area contributed by atoms with Gasteiger partial charge < -0.3 is 25.5 Å². The Morgan fingerprint density at radius 3 is 2.28 bits per heavy atom. The van der Waals surface area contributed by atoms with Crippen molar-refractivity contribution in [3.05, 3.63) is 11.6 Å². The fourth-order valence-electron chi connectivity index (χ4n) is 11.0. The van der Waals surface area contributed by atoms with Crippen molar-refractivity contribution in [2.75, 3.05) is 6.61 Å². The number of hydrogen-bond donors (Lipinski definition) is 5. The third-order valence-electron chi connectivity index (χ3n) is 13.6. The number of aliphatic carboxylic acids is 1. The van der Waals surface area contributed by atoms with Gasteiger partial charge in [-0.3, -0.25) is 4.79 Å². The van der Waals surface area contributed by atoms with Crippen molar-refractivity contribution in [1.29, 1.82) is 0 Å². The first kappa shape index (κ1) is 26.6. The molecule has 4 fully saturated rings. The lowest BCUT2D eigenvalue weighted by molar-refractivity contribution is -0.247. The van der Waals surface area contributed by atoms with Crippen LogP contribution in [0, 0.1) is 50.7 Å². The Morgan fingerprint density at radius 1 is 1.00 bits per heavy atom. The van der Waals surface area contributed by atoms with Crippen molar-refractivity contribution in [1.82, 2.24) is 0 Å². The zero-order chi connectivity index (χ0) is 26.7. The molecule has 0 aliphatic heterocycles. The second-order valence-corrected chi connectivity index (χ2v) is 14.7. The number of rotatable bonds is 2. The zero-order valence-electron chi connectivity index (χ0n) is 23.0. The molecule has 5 aliphatic carbocycles. The highest BCUT2D eigenvalue weighted by Gasteiger charge is 2.72. The maximum Gasteiger partial charge on any atom is 0.310 e. The first-order chi connectivity index (χ1) is 16.6. The number of allylic oxidation sites excluding steroid dienone is 1. The predicted molar refractivity (Wildman–Crippen MR) is 137 cm³/mol. The van der Waals surface area contributed by atoms with E-state index in [0.29, 0.717) is 19.3 Å². The molecular weight excluding hydrogens is 456 g/mol. The van der Waals surface area contributed by atoms with Gasteiger partial charge in [-0.1, -0.05) is 46.3 Å². The topological polar surface area (TPSA) is 118 Å². The van der Waals surface area contributed by atoms with E-state index in [9.17, 15) is 30.3 Å². The summed E-state index contributed by atoms with van der Waals surface area (Å²) in [4.78, 5) is 12.8. The summed E-state index contributed by atoms with van der Waals surface area (Å²) in [5.74, 6) is -0.834. The molecule has 0 aromatic heterocycles. The molecule has 0 aromatic rings. The van der Waals surface area contributed by atoms with Gasteiger partial charge in [0.05, 0.1) is 29.8 Å². The molecule has 0 bridgehead atoms. The summed E-state index contributed by atoms with van der Waals surface area (Å²) in [5, 5.41) is 54.8. The molecule has 0 radical (unpaired) electrons. The highest BCUT2D eigenvalue weighted by Crippen LogP contribution is 2.76. The van der Waals surface area contributed by atoms with Crippen LogP contribution < -0.4 is 0 Å². The van der Waals surface area contributed by atoms with Gasteiger partial charge in [-0.05, 0) is 92.3 Å². The maximum absolute atomic E-state index is 12.8. The Hall–Kier alpha value is -0.950. The largest absolute Gasteiger partial charge is 0.481 e. The number of carbonyl (C=O) groups is 1. The SMILES string of the molecule is C[C@@H]1CC[C@@]2(C(=O)O)CC[C@]3(C)C(=CC[C@H]4[C@@]5(C)C[C@@H](O)[C@@H](O)[C@@](C)(CO)[C@@H]5CC[C@@]43C)[C@@H]2[C@@]1(C)O. The minimum Gasteiger partial charge on any atom is -0.481 e. The van der Waals surface area contributed by atoms with E-state index in [-0.39, 0.29) is 40.6 Å². The fraction of sp³-hybridized carbons (Fsp3) is 0.900. The molecule has 0 unspecified atom stereocenters. The molecule has 0 aromatic carbocycles. The molecule has 6 heteroatoms.